The predicted octanol–water partition coefficient (Wildman–Crippen LogP) is 4.10. The molecule has 0 saturated carbocycles. The Morgan fingerprint density at radius 2 is 1.88 bits per heavy atom. The van der Waals surface area contributed by atoms with Crippen LogP contribution in [0.1, 0.15) is 11.1 Å². The molecule has 2 aromatic carbocycles. The quantitative estimate of drug-likeness (QED) is 0.839. The van der Waals surface area contributed by atoms with Crippen LogP contribution in [0.3, 0.4) is 0 Å². The maximum absolute atomic E-state index is 12.3. The summed E-state index contributed by atoms with van der Waals surface area (Å²) in [5, 5.41) is 5.63. The zero-order valence-corrected chi connectivity index (χ0v) is 13.6. The molecule has 0 aromatic heterocycles. The van der Waals surface area contributed by atoms with Gasteiger partial charge in [-0.2, -0.15) is 13.2 Å². The van der Waals surface area contributed by atoms with Crippen LogP contribution in [-0.4, -0.2) is 30.9 Å². The van der Waals surface area contributed by atoms with Crippen LogP contribution in [0.25, 0.3) is 0 Å². The predicted molar refractivity (Wildman–Crippen MR) is 91.6 cm³/mol. The molecule has 0 atom stereocenters. The van der Waals surface area contributed by atoms with Crippen LogP contribution in [0.4, 0.5) is 24.5 Å². The molecule has 4 nitrogen and oxygen atoms in total. The minimum Gasteiger partial charge on any atom is -0.383 e. The highest BCUT2D eigenvalue weighted by Crippen LogP contribution is 2.26. The molecule has 0 aliphatic carbocycles. The number of alkyl halides is 3. The summed E-state index contributed by atoms with van der Waals surface area (Å²) in [5.41, 5.74) is 3.17. The molecule has 25 heavy (non-hydrogen) atoms. The molecular formula is C17H13ClF3N3O. The highest BCUT2D eigenvalue weighted by atomic mass is 35.5. The van der Waals surface area contributed by atoms with Crippen molar-refractivity contribution in [3.8, 4) is 0 Å². The van der Waals surface area contributed by atoms with Gasteiger partial charge in [-0.15, -0.1) is 0 Å². The molecule has 2 aromatic rings. The SMILES string of the molecule is O=C(Nc1ccc(C2=NCCNc3ccc(Cl)cc32)cc1)C(F)(F)F. The van der Waals surface area contributed by atoms with Crippen molar-refractivity contribution in [1.82, 2.24) is 0 Å². The lowest BCUT2D eigenvalue weighted by atomic mass is 10.0. The summed E-state index contributed by atoms with van der Waals surface area (Å²) in [4.78, 5) is 15.5. The van der Waals surface area contributed by atoms with Crippen LogP contribution in [0.2, 0.25) is 5.02 Å². The molecule has 130 valence electrons. The fraction of sp³-hybridized carbons (Fsp3) is 0.176. The van der Waals surface area contributed by atoms with E-state index < -0.39 is 12.1 Å². The molecule has 0 spiro atoms. The highest BCUT2D eigenvalue weighted by molar-refractivity contribution is 6.31. The van der Waals surface area contributed by atoms with Gasteiger partial charge < -0.3 is 10.6 Å². The van der Waals surface area contributed by atoms with Gasteiger partial charge in [0, 0.05) is 34.1 Å². The first kappa shape index (κ1) is 17.3. The number of halogens is 4. The summed E-state index contributed by atoms with van der Waals surface area (Å²) in [5.74, 6) is -2.01. The van der Waals surface area contributed by atoms with E-state index in [2.05, 4.69) is 10.3 Å². The average molecular weight is 368 g/mol. The molecule has 1 aliphatic rings. The van der Waals surface area contributed by atoms with E-state index in [1.54, 1.807) is 24.3 Å². The molecular weight excluding hydrogens is 355 g/mol. The van der Waals surface area contributed by atoms with Crippen molar-refractivity contribution in [2.45, 2.75) is 6.18 Å². The molecule has 8 heteroatoms. The number of carbonyl (C=O) groups excluding carboxylic acids is 1. The van der Waals surface area contributed by atoms with Crippen LogP contribution in [0, 0.1) is 0 Å². The Morgan fingerprint density at radius 3 is 2.56 bits per heavy atom. The molecule has 0 radical (unpaired) electrons. The Bertz CT molecular complexity index is 832. The van der Waals surface area contributed by atoms with Gasteiger partial charge in [0.05, 0.1) is 12.3 Å². The Balaban J connectivity index is 1.89. The summed E-state index contributed by atoms with van der Waals surface area (Å²) in [6, 6.07) is 11.5. The molecule has 1 aliphatic heterocycles. The molecule has 0 unspecified atom stereocenters. The maximum atomic E-state index is 12.3. The second-order valence-electron chi connectivity index (χ2n) is 5.38. The number of anilines is 2. The third-order valence-electron chi connectivity index (χ3n) is 3.61. The van der Waals surface area contributed by atoms with E-state index in [0.29, 0.717) is 23.8 Å². The first-order chi connectivity index (χ1) is 11.8. The van der Waals surface area contributed by atoms with Crippen LogP contribution >= 0.6 is 11.6 Å². The Kier molecular flexibility index (Phi) is 4.67. The fourth-order valence-corrected chi connectivity index (χ4v) is 2.64. The second-order valence-corrected chi connectivity index (χ2v) is 5.81. The third kappa shape index (κ3) is 3.93. The lowest BCUT2D eigenvalue weighted by molar-refractivity contribution is -0.167. The third-order valence-corrected chi connectivity index (χ3v) is 3.84. The first-order valence-electron chi connectivity index (χ1n) is 7.41. The molecule has 1 heterocycles. The summed E-state index contributed by atoms with van der Waals surface area (Å²) in [7, 11) is 0. The number of nitrogens with zero attached hydrogens (tertiary/aromatic N) is 1. The molecule has 0 fully saturated rings. The van der Waals surface area contributed by atoms with E-state index in [-0.39, 0.29) is 5.69 Å². The number of rotatable bonds is 2. The number of carbonyl (C=O) groups is 1. The fourth-order valence-electron chi connectivity index (χ4n) is 2.47. The number of nitrogens with one attached hydrogen (secondary N) is 2. The first-order valence-corrected chi connectivity index (χ1v) is 7.79. The van der Waals surface area contributed by atoms with E-state index >= 15 is 0 Å². The zero-order valence-electron chi connectivity index (χ0n) is 12.8. The van der Waals surface area contributed by atoms with Crippen molar-refractivity contribution in [1.29, 1.82) is 0 Å². The Labute approximate surface area is 146 Å². The summed E-state index contributed by atoms with van der Waals surface area (Å²) in [6.45, 7) is 1.21. The van der Waals surface area contributed by atoms with Crippen LogP contribution in [-0.2, 0) is 4.79 Å². The van der Waals surface area contributed by atoms with Gasteiger partial charge in [0.15, 0.2) is 0 Å². The van der Waals surface area contributed by atoms with Crippen LogP contribution < -0.4 is 10.6 Å². The van der Waals surface area contributed by atoms with Gasteiger partial charge in [-0.25, -0.2) is 0 Å². The molecule has 0 bridgehead atoms. The lowest BCUT2D eigenvalue weighted by Gasteiger charge is -2.12. The number of benzene rings is 2. The smallest absolute Gasteiger partial charge is 0.383 e. The van der Waals surface area contributed by atoms with Gasteiger partial charge in [-0.3, -0.25) is 9.79 Å². The summed E-state index contributed by atoms with van der Waals surface area (Å²) >= 11 is 6.07. The van der Waals surface area contributed by atoms with E-state index in [9.17, 15) is 18.0 Å². The van der Waals surface area contributed by atoms with Gasteiger partial charge in [-0.1, -0.05) is 23.7 Å². The number of fused-ring (bicyclic) bond motifs is 1. The van der Waals surface area contributed by atoms with Gasteiger partial charge in [-0.05, 0) is 30.3 Å². The Morgan fingerprint density at radius 1 is 1.16 bits per heavy atom. The average Bonchev–Trinajstić information content (AvgIpc) is 2.77. The topological polar surface area (TPSA) is 53.5 Å². The molecule has 1 amide bonds. The van der Waals surface area contributed by atoms with Crippen molar-refractivity contribution in [3.05, 3.63) is 58.6 Å². The maximum Gasteiger partial charge on any atom is 0.471 e. The molecule has 3 rings (SSSR count). The van der Waals surface area contributed by atoms with Crippen molar-refractivity contribution in [2.75, 3.05) is 23.7 Å². The van der Waals surface area contributed by atoms with Crippen molar-refractivity contribution >= 4 is 34.6 Å². The normalized spacial score (nSPS) is 14.0. The van der Waals surface area contributed by atoms with Crippen molar-refractivity contribution in [2.24, 2.45) is 4.99 Å². The van der Waals surface area contributed by atoms with E-state index in [1.807, 2.05) is 11.4 Å². The zero-order chi connectivity index (χ0) is 18.0. The highest BCUT2D eigenvalue weighted by Gasteiger charge is 2.38. The van der Waals surface area contributed by atoms with Gasteiger partial charge in [0.2, 0.25) is 0 Å². The largest absolute Gasteiger partial charge is 0.471 e. The molecule has 0 saturated heterocycles. The van der Waals surface area contributed by atoms with Crippen molar-refractivity contribution < 1.29 is 18.0 Å². The van der Waals surface area contributed by atoms with Gasteiger partial charge >= 0.3 is 12.1 Å². The minimum absolute atomic E-state index is 0.0599. The van der Waals surface area contributed by atoms with Crippen LogP contribution in [0.15, 0.2) is 47.5 Å². The number of aliphatic imine (C=N–C) groups is 1. The number of benzodiazepines with no additional fused rings is 1. The van der Waals surface area contributed by atoms with Crippen LogP contribution in [0.5, 0.6) is 0 Å². The Hall–Kier alpha value is -2.54. The number of amides is 1. The van der Waals surface area contributed by atoms with Gasteiger partial charge in [0.1, 0.15) is 0 Å². The monoisotopic (exact) mass is 367 g/mol. The van der Waals surface area contributed by atoms with Crippen molar-refractivity contribution in [3.63, 3.8) is 0 Å². The number of hydrogen-bond acceptors (Lipinski definition) is 3. The minimum atomic E-state index is -4.93. The number of hydrogen-bond donors (Lipinski definition) is 2. The lowest BCUT2D eigenvalue weighted by Crippen LogP contribution is -2.29. The van der Waals surface area contributed by atoms with Gasteiger partial charge in [0.25, 0.3) is 0 Å². The summed E-state index contributed by atoms with van der Waals surface area (Å²) in [6.07, 6.45) is -4.93. The molecule has 2 N–H and O–H groups in total. The van der Waals surface area contributed by atoms with E-state index in [1.165, 1.54) is 12.1 Å². The standard InChI is InChI=1S/C17H13ClF3N3O/c18-11-3-6-14-13(9-11)15(23-8-7-22-14)10-1-4-12(5-2-10)24-16(25)17(19,20)21/h1-6,9,22H,7-8H2,(H,24,25). The van der Waals surface area contributed by atoms with E-state index in [4.69, 9.17) is 11.6 Å². The summed E-state index contributed by atoms with van der Waals surface area (Å²) < 4.78 is 36.9. The van der Waals surface area contributed by atoms with E-state index in [0.717, 1.165) is 16.8 Å². The second kappa shape index (κ2) is 6.76.